The second kappa shape index (κ2) is 6.95. The van der Waals surface area contributed by atoms with E-state index in [1.54, 1.807) is 23.9 Å². The fourth-order valence-corrected chi connectivity index (χ4v) is 7.40. The molecular weight excluding hydrogens is 383 g/mol. The van der Waals surface area contributed by atoms with Crippen LogP contribution in [0.5, 0.6) is 0 Å². The molecule has 0 N–H and O–H groups in total. The Hall–Kier alpha value is -1.86. The van der Waals surface area contributed by atoms with Crippen LogP contribution in [0.1, 0.15) is 16.7 Å². The average molecular weight is 405 g/mol. The number of hydrogen-bond acceptors (Lipinski definition) is 5. The van der Waals surface area contributed by atoms with Gasteiger partial charge in [0.25, 0.3) is 0 Å². The van der Waals surface area contributed by atoms with Crippen LogP contribution in [0.25, 0.3) is 0 Å². The van der Waals surface area contributed by atoms with Gasteiger partial charge in [-0.1, -0.05) is 30.0 Å². The van der Waals surface area contributed by atoms with Crippen molar-refractivity contribution < 1.29 is 12.8 Å². The molecular formula is C20H21FN2O2S2. The lowest BCUT2D eigenvalue weighted by Crippen LogP contribution is -2.28. The number of fused-ring (bicyclic) bond motifs is 1. The molecule has 2 aromatic rings. The molecule has 2 atom stereocenters. The van der Waals surface area contributed by atoms with E-state index in [2.05, 4.69) is 36.9 Å². The summed E-state index contributed by atoms with van der Waals surface area (Å²) in [6.45, 7) is 4.66. The summed E-state index contributed by atoms with van der Waals surface area (Å²) in [4.78, 5) is 6.86. The van der Waals surface area contributed by atoms with Crippen LogP contribution in [-0.2, 0) is 16.4 Å². The van der Waals surface area contributed by atoms with Crippen LogP contribution < -0.4 is 4.90 Å². The number of benzene rings is 2. The first kappa shape index (κ1) is 18.5. The molecule has 1 fully saturated rings. The molecule has 1 saturated heterocycles. The third-order valence-corrected chi connectivity index (χ3v) is 8.06. The minimum absolute atomic E-state index is 0.00776. The Morgan fingerprint density at radius 1 is 1.11 bits per heavy atom. The number of halogens is 1. The SMILES string of the molecule is Cc1cc(C)cc(N(Cc2ccc(F)cc2)C2=NC3CS(=O)(=O)CC3S2)c1. The molecule has 2 unspecified atom stereocenters. The summed E-state index contributed by atoms with van der Waals surface area (Å²) >= 11 is 1.54. The van der Waals surface area contributed by atoms with Gasteiger partial charge in [0.15, 0.2) is 15.0 Å². The number of amidine groups is 1. The van der Waals surface area contributed by atoms with Gasteiger partial charge in [0.05, 0.1) is 24.1 Å². The summed E-state index contributed by atoms with van der Waals surface area (Å²) in [7, 11) is -2.98. The van der Waals surface area contributed by atoms with Gasteiger partial charge in [0.2, 0.25) is 0 Å². The summed E-state index contributed by atoms with van der Waals surface area (Å²) in [6.07, 6.45) is 0. The Kier molecular flexibility index (Phi) is 4.76. The van der Waals surface area contributed by atoms with Crippen molar-refractivity contribution in [2.24, 2.45) is 4.99 Å². The molecule has 2 aliphatic rings. The largest absolute Gasteiger partial charge is 0.317 e. The Morgan fingerprint density at radius 3 is 2.41 bits per heavy atom. The zero-order valence-electron chi connectivity index (χ0n) is 15.2. The van der Waals surface area contributed by atoms with Crippen LogP contribution in [-0.4, -0.2) is 36.4 Å². The van der Waals surface area contributed by atoms with Gasteiger partial charge in [-0.3, -0.25) is 4.99 Å². The maximum absolute atomic E-state index is 13.3. The quantitative estimate of drug-likeness (QED) is 0.782. The minimum atomic E-state index is -2.98. The molecule has 2 aromatic carbocycles. The molecule has 2 heterocycles. The molecule has 0 amide bonds. The fraction of sp³-hybridized carbons (Fsp3) is 0.350. The van der Waals surface area contributed by atoms with E-state index in [4.69, 9.17) is 4.99 Å². The van der Waals surface area contributed by atoms with Crippen LogP contribution in [0.15, 0.2) is 47.5 Å². The van der Waals surface area contributed by atoms with Crippen molar-refractivity contribution >= 4 is 32.5 Å². The van der Waals surface area contributed by atoms with Crippen LogP contribution >= 0.6 is 11.8 Å². The molecule has 2 aliphatic heterocycles. The highest BCUT2D eigenvalue weighted by Gasteiger charge is 2.44. The fourth-order valence-electron chi connectivity index (χ4n) is 3.62. The molecule has 0 bridgehead atoms. The third-order valence-electron chi connectivity index (χ3n) is 4.81. The first-order valence-corrected chi connectivity index (χ1v) is 11.5. The van der Waals surface area contributed by atoms with Gasteiger partial charge in [-0.05, 0) is 54.8 Å². The number of rotatable bonds is 3. The molecule has 4 nitrogen and oxygen atoms in total. The second-order valence-electron chi connectivity index (χ2n) is 7.27. The van der Waals surface area contributed by atoms with Crippen molar-refractivity contribution in [2.45, 2.75) is 31.7 Å². The van der Waals surface area contributed by atoms with Crippen molar-refractivity contribution in [3.05, 3.63) is 65.0 Å². The highest BCUT2D eigenvalue weighted by molar-refractivity contribution is 8.15. The van der Waals surface area contributed by atoms with Crippen molar-refractivity contribution in [1.82, 2.24) is 0 Å². The highest BCUT2D eigenvalue weighted by atomic mass is 32.2. The maximum Gasteiger partial charge on any atom is 0.164 e. The summed E-state index contributed by atoms with van der Waals surface area (Å²) in [5.74, 6) is 0.0573. The minimum Gasteiger partial charge on any atom is -0.317 e. The van der Waals surface area contributed by atoms with Gasteiger partial charge in [0, 0.05) is 10.9 Å². The number of aryl methyl sites for hydroxylation is 2. The second-order valence-corrected chi connectivity index (χ2v) is 10.6. The van der Waals surface area contributed by atoms with E-state index in [1.807, 2.05) is 0 Å². The summed E-state index contributed by atoms with van der Waals surface area (Å²) in [5.41, 5.74) is 4.30. The van der Waals surface area contributed by atoms with Crippen molar-refractivity contribution in [3.63, 3.8) is 0 Å². The normalized spacial score (nSPS) is 23.1. The molecule has 0 radical (unpaired) electrons. The van der Waals surface area contributed by atoms with E-state index < -0.39 is 9.84 Å². The van der Waals surface area contributed by atoms with Crippen molar-refractivity contribution in [2.75, 3.05) is 16.4 Å². The summed E-state index contributed by atoms with van der Waals surface area (Å²) in [6, 6.07) is 12.6. The van der Waals surface area contributed by atoms with Gasteiger partial charge >= 0.3 is 0 Å². The zero-order valence-corrected chi connectivity index (χ0v) is 16.9. The Labute approximate surface area is 163 Å². The van der Waals surface area contributed by atoms with Gasteiger partial charge < -0.3 is 4.90 Å². The van der Waals surface area contributed by atoms with E-state index >= 15 is 0 Å². The first-order chi connectivity index (χ1) is 12.8. The Morgan fingerprint density at radius 2 is 1.78 bits per heavy atom. The standard InChI is InChI=1S/C20H21FN2O2S2/c1-13-7-14(2)9-17(8-13)23(10-15-3-5-16(21)6-4-15)20-22-18-11-27(24,25)12-19(18)26-20/h3-9,18-19H,10-12H2,1-2H3. The zero-order chi connectivity index (χ0) is 19.2. The Balaban J connectivity index is 1.69. The van der Waals surface area contributed by atoms with Gasteiger partial charge in [-0.15, -0.1) is 0 Å². The van der Waals surface area contributed by atoms with Gasteiger partial charge in [-0.25, -0.2) is 12.8 Å². The van der Waals surface area contributed by atoms with E-state index in [0.717, 1.165) is 27.5 Å². The van der Waals surface area contributed by atoms with Crippen molar-refractivity contribution in [1.29, 1.82) is 0 Å². The smallest absolute Gasteiger partial charge is 0.164 e. The van der Waals surface area contributed by atoms with Gasteiger partial charge in [0.1, 0.15) is 5.82 Å². The molecule has 27 heavy (non-hydrogen) atoms. The molecule has 0 saturated carbocycles. The molecule has 7 heteroatoms. The molecule has 4 rings (SSSR count). The van der Waals surface area contributed by atoms with Crippen LogP contribution in [0.3, 0.4) is 0 Å². The van der Waals surface area contributed by atoms with Gasteiger partial charge in [-0.2, -0.15) is 0 Å². The lowest BCUT2D eigenvalue weighted by atomic mass is 10.1. The number of thioether (sulfide) groups is 1. The predicted octanol–water partition coefficient (Wildman–Crippen LogP) is 3.72. The Bertz CT molecular complexity index is 983. The van der Waals surface area contributed by atoms with Crippen LogP contribution in [0, 0.1) is 19.7 Å². The molecule has 0 aromatic heterocycles. The number of sulfone groups is 1. The van der Waals surface area contributed by atoms with E-state index in [0.29, 0.717) is 6.54 Å². The summed E-state index contributed by atoms with van der Waals surface area (Å²) in [5, 5.41) is 0.834. The molecule has 0 aliphatic carbocycles. The monoisotopic (exact) mass is 404 g/mol. The maximum atomic E-state index is 13.3. The predicted molar refractivity (Wildman–Crippen MR) is 110 cm³/mol. The first-order valence-electron chi connectivity index (χ1n) is 8.84. The topological polar surface area (TPSA) is 49.7 Å². The summed E-state index contributed by atoms with van der Waals surface area (Å²) < 4.78 is 37.0. The number of hydrogen-bond donors (Lipinski definition) is 0. The van der Waals surface area contributed by atoms with Crippen LogP contribution in [0.4, 0.5) is 10.1 Å². The number of nitrogens with zero attached hydrogens (tertiary/aromatic N) is 2. The van der Waals surface area contributed by atoms with Crippen molar-refractivity contribution in [3.8, 4) is 0 Å². The average Bonchev–Trinajstić information content (AvgIpc) is 3.06. The lowest BCUT2D eigenvalue weighted by Gasteiger charge is -2.25. The van der Waals surface area contributed by atoms with Crippen LogP contribution in [0.2, 0.25) is 0 Å². The third kappa shape index (κ3) is 4.04. The van der Waals surface area contributed by atoms with E-state index in [1.165, 1.54) is 12.1 Å². The molecule has 142 valence electrons. The van der Waals surface area contributed by atoms with E-state index in [-0.39, 0.29) is 28.6 Å². The van der Waals surface area contributed by atoms with E-state index in [9.17, 15) is 12.8 Å². The lowest BCUT2D eigenvalue weighted by molar-refractivity contribution is 0.601. The number of aliphatic imine (C=N–C) groups is 1. The number of anilines is 1. The molecule has 0 spiro atoms. The highest BCUT2D eigenvalue weighted by Crippen LogP contribution is 2.37.